The van der Waals surface area contributed by atoms with Crippen LogP contribution in [0.25, 0.3) is 17.5 Å². The van der Waals surface area contributed by atoms with Crippen molar-refractivity contribution in [1.82, 2.24) is 4.57 Å². The summed E-state index contributed by atoms with van der Waals surface area (Å²) in [6, 6.07) is 10.5. The summed E-state index contributed by atoms with van der Waals surface area (Å²) in [5, 5.41) is 0. The van der Waals surface area contributed by atoms with Crippen molar-refractivity contribution >= 4 is 12.0 Å². The van der Waals surface area contributed by atoms with Gasteiger partial charge in [0.1, 0.15) is 0 Å². The molecule has 0 aliphatic carbocycles. The van der Waals surface area contributed by atoms with E-state index in [1.54, 1.807) is 0 Å². The third-order valence-corrected chi connectivity index (χ3v) is 3.89. The maximum atomic E-state index is 12.9. The molecule has 0 amide bonds. The van der Waals surface area contributed by atoms with Crippen molar-refractivity contribution in [3.05, 3.63) is 54.2 Å². The fraction of sp³-hybridized carbons (Fsp3) is 0.316. The Labute approximate surface area is 139 Å². The molecular formula is C19H20F3NO. The highest BCUT2D eigenvalue weighted by Gasteiger charge is 2.41. The van der Waals surface area contributed by atoms with Crippen LogP contribution in [0.5, 0.6) is 0 Å². The Bertz CT molecular complexity index is 714. The Balaban J connectivity index is 2.58. The van der Waals surface area contributed by atoms with Gasteiger partial charge in [-0.05, 0) is 30.0 Å². The van der Waals surface area contributed by atoms with Crippen LogP contribution in [-0.4, -0.2) is 16.5 Å². The fourth-order valence-corrected chi connectivity index (χ4v) is 2.76. The SMILES string of the molecule is C=Cn1c(C(=O)C(F)(F)F)cc(CCCCC)c1-c1ccccc1. The fourth-order valence-electron chi connectivity index (χ4n) is 2.76. The summed E-state index contributed by atoms with van der Waals surface area (Å²) in [7, 11) is 0. The molecule has 0 saturated carbocycles. The van der Waals surface area contributed by atoms with Crippen molar-refractivity contribution in [3.8, 4) is 11.3 Å². The van der Waals surface area contributed by atoms with Crippen molar-refractivity contribution < 1.29 is 18.0 Å². The van der Waals surface area contributed by atoms with Crippen LogP contribution in [0.3, 0.4) is 0 Å². The first-order valence-electron chi connectivity index (χ1n) is 7.93. The van der Waals surface area contributed by atoms with Gasteiger partial charge in [0.15, 0.2) is 0 Å². The Morgan fingerprint density at radius 1 is 1.21 bits per heavy atom. The van der Waals surface area contributed by atoms with E-state index in [0.717, 1.165) is 30.4 Å². The summed E-state index contributed by atoms with van der Waals surface area (Å²) in [6.07, 6.45) is -0.167. The van der Waals surface area contributed by atoms with Crippen LogP contribution < -0.4 is 0 Å². The number of alkyl halides is 3. The molecule has 0 radical (unpaired) electrons. The number of unbranched alkanes of at least 4 members (excludes halogenated alkanes) is 2. The quantitative estimate of drug-likeness (QED) is 0.467. The lowest BCUT2D eigenvalue weighted by atomic mass is 10.0. The number of rotatable bonds is 7. The van der Waals surface area contributed by atoms with E-state index in [-0.39, 0.29) is 5.69 Å². The molecule has 0 aliphatic heterocycles. The standard InChI is InChI=1S/C19H20F3NO/c1-3-5-7-12-15-13-16(18(24)19(20,21)22)23(4-2)17(15)14-10-8-6-9-11-14/h4,6,8-11,13H,2-3,5,7,12H2,1H3. The Morgan fingerprint density at radius 3 is 2.42 bits per heavy atom. The average Bonchev–Trinajstić information content (AvgIpc) is 2.92. The zero-order valence-corrected chi connectivity index (χ0v) is 13.6. The zero-order chi connectivity index (χ0) is 17.7. The number of hydrogen-bond acceptors (Lipinski definition) is 1. The van der Waals surface area contributed by atoms with Gasteiger partial charge in [0.2, 0.25) is 0 Å². The molecule has 1 aromatic carbocycles. The second-order valence-corrected chi connectivity index (χ2v) is 5.61. The number of carbonyl (C=O) groups is 1. The third-order valence-electron chi connectivity index (χ3n) is 3.89. The largest absolute Gasteiger partial charge is 0.456 e. The Kier molecular flexibility index (Phi) is 5.65. The molecule has 0 spiro atoms. The highest BCUT2D eigenvalue weighted by atomic mass is 19.4. The highest BCUT2D eigenvalue weighted by molar-refractivity contribution is 6.01. The molecule has 2 aromatic rings. The lowest BCUT2D eigenvalue weighted by molar-refractivity contribution is -0.0889. The smallest absolute Gasteiger partial charge is 0.313 e. The minimum Gasteiger partial charge on any atom is -0.313 e. The molecule has 1 aromatic heterocycles. The van der Waals surface area contributed by atoms with Gasteiger partial charge in [-0.3, -0.25) is 4.79 Å². The lowest BCUT2D eigenvalue weighted by Crippen LogP contribution is -2.24. The van der Waals surface area contributed by atoms with E-state index < -0.39 is 12.0 Å². The number of nitrogens with zero attached hydrogens (tertiary/aromatic N) is 1. The molecule has 0 atom stereocenters. The van der Waals surface area contributed by atoms with Crippen LogP contribution in [-0.2, 0) is 6.42 Å². The van der Waals surface area contributed by atoms with Gasteiger partial charge in [-0.2, -0.15) is 13.2 Å². The second kappa shape index (κ2) is 7.51. The number of hydrogen-bond donors (Lipinski definition) is 0. The van der Waals surface area contributed by atoms with Gasteiger partial charge in [-0.25, -0.2) is 0 Å². The first kappa shape index (κ1) is 18.0. The van der Waals surface area contributed by atoms with Crippen LogP contribution in [0.1, 0.15) is 42.2 Å². The summed E-state index contributed by atoms with van der Waals surface area (Å²) in [4.78, 5) is 11.8. The van der Waals surface area contributed by atoms with Gasteiger partial charge >= 0.3 is 6.18 Å². The molecule has 2 rings (SSSR count). The number of aromatic nitrogens is 1. The van der Waals surface area contributed by atoms with Crippen molar-refractivity contribution in [3.63, 3.8) is 0 Å². The van der Waals surface area contributed by atoms with E-state index >= 15 is 0 Å². The van der Waals surface area contributed by atoms with Crippen LogP contribution in [0.4, 0.5) is 13.2 Å². The molecule has 0 unspecified atom stereocenters. The first-order chi connectivity index (χ1) is 11.4. The van der Waals surface area contributed by atoms with Gasteiger partial charge in [-0.1, -0.05) is 56.7 Å². The molecule has 0 bridgehead atoms. The van der Waals surface area contributed by atoms with E-state index in [0.29, 0.717) is 12.1 Å². The molecule has 0 fully saturated rings. The lowest BCUT2D eigenvalue weighted by Gasteiger charge is -2.11. The zero-order valence-electron chi connectivity index (χ0n) is 13.6. The first-order valence-corrected chi connectivity index (χ1v) is 7.93. The minimum atomic E-state index is -4.91. The van der Waals surface area contributed by atoms with E-state index in [1.165, 1.54) is 16.8 Å². The molecular weight excluding hydrogens is 315 g/mol. The predicted octanol–water partition coefficient (Wildman–Crippen LogP) is 5.73. The van der Waals surface area contributed by atoms with Crippen molar-refractivity contribution in [2.24, 2.45) is 0 Å². The maximum Gasteiger partial charge on any atom is 0.456 e. The molecule has 0 saturated heterocycles. The van der Waals surface area contributed by atoms with Gasteiger partial charge in [0.05, 0.1) is 11.4 Å². The molecule has 0 aliphatic rings. The summed E-state index contributed by atoms with van der Waals surface area (Å²) >= 11 is 0. The van der Waals surface area contributed by atoms with Crippen LogP contribution in [0, 0.1) is 0 Å². The van der Waals surface area contributed by atoms with E-state index in [4.69, 9.17) is 0 Å². The summed E-state index contributed by atoms with van der Waals surface area (Å²) < 4.78 is 40.0. The number of benzene rings is 1. The number of halogens is 3. The summed E-state index contributed by atoms with van der Waals surface area (Å²) in [6.45, 7) is 5.66. The maximum absolute atomic E-state index is 12.9. The van der Waals surface area contributed by atoms with Crippen LogP contribution >= 0.6 is 0 Å². The molecule has 5 heteroatoms. The van der Waals surface area contributed by atoms with Gasteiger partial charge in [0, 0.05) is 6.20 Å². The van der Waals surface area contributed by atoms with Gasteiger partial charge < -0.3 is 4.57 Å². The summed E-state index contributed by atoms with van der Waals surface area (Å²) in [5.74, 6) is -1.85. The van der Waals surface area contributed by atoms with Gasteiger partial charge in [-0.15, -0.1) is 0 Å². The molecule has 1 heterocycles. The number of ketones is 1. The highest BCUT2D eigenvalue weighted by Crippen LogP contribution is 2.32. The monoisotopic (exact) mass is 335 g/mol. The Morgan fingerprint density at radius 2 is 1.88 bits per heavy atom. The second-order valence-electron chi connectivity index (χ2n) is 5.61. The van der Waals surface area contributed by atoms with Crippen LogP contribution in [0.15, 0.2) is 43.0 Å². The van der Waals surface area contributed by atoms with Crippen LogP contribution in [0.2, 0.25) is 0 Å². The van der Waals surface area contributed by atoms with E-state index in [2.05, 4.69) is 13.5 Å². The van der Waals surface area contributed by atoms with E-state index in [9.17, 15) is 18.0 Å². The number of Topliss-reactive ketones (excluding diaryl/α,β-unsaturated/α-hetero) is 1. The predicted molar refractivity (Wildman–Crippen MR) is 89.9 cm³/mol. The number of carbonyl (C=O) groups excluding carboxylic acids is 1. The molecule has 24 heavy (non-hydrogen) atoms. The van der Waals surface area contributed by atoms with E-state index in [1.807, 2.05) is 30.3 Å². The minimum absolute atomic E-state index is 0.386. The topological polar surface area (TPSA) is 22.0 Å². The van der Waals surface area contributed by atoms with Crippen molar-refractivity contribution in [2.75, 3.05) is 0 Å². The van der Waals surface area contributed by atoms with Gasteiger partial charge in [0.25, 0.3) is 5.78 Å². The molecule has 0 N–H and O–H groups in total. The van der Waals surface area contributed by atoms with Crippen molar-refractivity contribution in [2.45, 2.75) is 38.8 Å². The normalized spacial score (nSPS) is 11.5. The third kappa shape index (κ3) is 3.78. The summed E-state index contributed by atoms with van der Waals surface area (Å²) in [5.41, 5.74) is 1.73. The van der Waals surface area contributed by atoms with Crippen molar-refractivity contribution in [1.29, 1.82) is 0 Å². The Hall–Kier alpha value is -2.30. The molecule has 2 nitrogen and oxygen atoms in total. The number of aryl methyl sites for hydroxylation is 1. The average molecular weight is 335 g/mol. The molecule has 128 valence electrons.